The van der Waals surface area contributed by atoms with Crippen molar-refractivity contribution in [2.24, 2.45) is 0 Å². The number of nitrogen functional groups attached to an aromatic ring is 1. The molecule has 0 saturated carbocycles. The molecule has 8 nitrogen and oxygen atoms in total. The zero-order valence-corrected chi connectivity index (χ0v) is 18.0. The molecule has 0 aliphatic carbocycles. The fourth-order valence-corrected chi connectivity index (χ4v) is 4.06. The van der Waals surface area contributed by atoms with Crippen LogP contribution in [0.25, 0.3) is 0 Å². The molecule has 0 bridgehead atoms. The van der Waals surface area contributed by atoms with Gasteiger partial charge in [0.15, 0.2) is 5.69 Å². The van der Waals surface area contributed by atoms with Crippen LogP contribution in [0.5, 0.6) is 0 Å². The van der Waals surface area contributed by atoms with E-state index in [1.165, 1.54) is 15.0 Å². The molecule has 30 heavy (non-hydrogen) atoms. The van der Waals surface area contributed by atoms with E-state index in [2.05, 4.69) is 22.9 Å². The van der Waals surface area contributed by atoms with Crippen LogP contribution in [0.2, 0.25) is 0 Å². The van der Waals surface area contributed by atoms with Gasteiger partial charge >= 0.3 is 5.69 Å². The minimum absolute atomic E-state index is 0.0462. The van der Waals surface area contributed by atoms with E-state index in [9.17, 15) is 14.4 Å². The van der Waals surface area contributed by atoms with Gasteiger partial charge in [-0.1, -0.05) is 38.5 Å². The van der Waals surface area contributed by atoms with E-state index < -0.39 is 11.2 Å². The van der Waals surface area contributed by atoms with Crippen LogP contribution < -0.4 is 26.8 Å². The number of para-hydroxylation sites is 1. The van der Waals surface area contributed by atoms with Gasteiger partial charge in [0.25, 0.3) is 5.56 Å². The summed E-state index contributed by atoms with van der Waals surface area (Å²) in [6.45, 7) is 6.92. The van der Waals surface area contributed by atoms with Crippen molar-refractivity contribution in [2.45, 2.75) is 59.0 Å². The number of aromatic nitrogens is 2. The van der Waals surface area contributed by atoms with Gasteiger partial charge in [-0.2, -0.15) is 0 Å². The highest BCUT2D eigenvalue weighted by molar-refractivity contribution is 5.98. The lowest BCUT2D eigenvalue weighted by Crippen LogP contribution is -2.46. The number of fused-ring (bicyclic) bond motifs is 1. The van der Waals surface area contributed by atoms with E-state index in [0.717, 1.165) is 24.9 Å². The lowest BCUT2D eigenvalue weighted by Gasteiger charge is -2.29. The first-order chi connectivity index (χ1) is 14.4. The van der Waals surface area contributed by atoms with Crippen LogP contribution in [-0.4, -0.2) is 34.6 Å². The maximum atomic E-state index is 13.4. The van der Waals surface area contributed by atoms with Crippen LogP contribution in [0.1, 0.15) is 45.6 Å². The van der Waals surface area contributed by atoms with Gasteiger partial charge in [-0.15, -0.1) is 0 Å². The van der Waals surface area contributed by atoms with Gasteiger partial charge in [0.2, 0.25) is 5.91 Å². The molecule has 162 valence electrons. The van der Waals surface area contributed by atoms with Gasteiger partial charge in [0.05, 0.1) is 6.54 Å². The van der Waals surface area contributed by atoms with Crippen molar-refractivity contribution >= 4 is 23.1 Å². The molecule has 1 atom stereocenters. The highest BCUT2D eigenvalue weighted by Crippen LogP contribution is 2.32. The Morgan fingerprint density at radius 3 is 2.67 bits per heavy atom. The number of hydrogen-bond donors (Lipinski definition) is 2. The number of anilines is 3. The molecule has 1 aromatic carbocycles. The maximum absolute atomic E-state index is 13.4. The monoisotopic (exact) mass is 413 g/mol. The predicted molar refractivity (Wildman–Crippen MR) is 120 cm³/mol. The van der Waals surface area contributed by atoms with E-state index in [4.69, 9.17) is 5.73 Å². The van der Waals surface area contributed by atoms with Gasteiger partial charge in [-0.25, -0.2) is 4.79 Å². The third-order valence-electron chi connectivity index (χ3n) is 5.62. The lowest BCUT2D eigenvalue weighted by atomic mass is 10.1. The largest absolute Gasteiger partial charge is 0.383 e. The van der Waals surface area contributed by atoms with Gasteiger partial charge < -0.3 is 15.5 Å². The van der Waals surface area contributed by atoms with Crippen LogP contribution in [-0.2, 0) is 17.8 Å². The van der Waals surface area contributed by atoms with Crippen LogP contribution in [0.3, 0.4) is 0 Å². The number of rotatable bonds is 8. The van der Waals surface area contributed by atoms with Crippen LogP contribution >= 0.6 is 0 Å². The van der Waals surface area contributed by atoms with Crippen molar-refractivity contribution in [3.63, 3.8) is 0 Å². The molecule has 0 radical (unpaired) electrons. The van der Waals surface area contributed by atoms with Crippen molar-refractivity contribution < 1.29 is 4.79 Å². The molecule has 1 amide bonds. The van der Waals surface area contributed by atoms with E-state index in [-0.39, 0.29) is 30.0 Å². The Hall–Kier alpha value is -3.03. The zero-order chi connectivity index (χ0) is 21.8. The summed E-state index contributed by atoms with van der Waals surface area (Å²) in [5.74, 6) is -0.157. The molecule has 3 rings (SSSR count). The van der Waals surface area contributed by atoms with Crippen LogP contribution in [0.15, 0.2) is 33.9 Å². The summed E-state index contributed by atoms with van der Waals surface area (Å²) in [5, 5.41) is 0. The summed E-state index contributed by atoms with van der Waals surface area (Å²) < 4.78 is 1.33. The Bertz CT molecular complexity index is 1030. The molecule has 1 aliphatic heterocycles. The van der Waals surface area contributed by atoms with E-state index >= 15 is 0 Å². The van der Waals surface area contributed by atoms with Gasteiger partial charge in [0, 0.05) is 24.8 Å². The quantitative estimate of drug-likeness (QED) is 0.690. The smallest absolute Gasteiger partial charge is 0.330 e. The summed E-state index contributed by atoms with van der Waals surface area (Å²) in [4.78, 5) is 44.1. The first-order valence-electron chi connectivity index (χ1n) is 10.7. The molecule has 1 aliphatic rings. The summed E-state index contributed by atoms with van der Waals surface area (Å²) in [7, 11) is 0. The summed E-state index contributed by atoms with van der Waals surface area (Å²) in [6, 6.07) is 8.25. The number of carbonyl (C=O) groups excluding carboxylic acids is 1. The first-order valence-corrected chi connectivity index (χ1v) is 10.7. The number of unbranched alkanes of at least 4 members (excludes halogenated alkanes) is 1. The van der Waals surface area contributed by atoms with Gasteiger partial charge in [-0.3, -0.25) is 19.1 Å². The molecular formula is C22H31N5O3. The number of nitrogens with two attached hydrogens (primary N) is 1. The summed E-state index contributed by atoms with van der Waals surface area (Å²) >= 11 is 0. The summed E-state index contributed by atoms with van der Waals surface area (Å²) in [6.07, 6.45) is 3.14. The Kier molecular flexibility index (Phi) is 6.64. The molecule has 1 unspecified atom stereocenters. The Balaban J connectivity index is 1.97. The number of hydrogen-bond acceptors (Lipinski definition) is 5. The normalized spacial score (nSPS) is 15.3. The average Bonchev–Trinajstić information content (AvgIpc) is 3.02. The number of carbonyl (C=O) groups is 1. The number of H-pyrrole nitrogens is 1. The number of benzene rings is 1. The van der Waals surface area contributed by atoms with Crippen molar-refractivity contribution in [3.8, 4) is 0 Å². The fraction of sp³-hybridized carbons (Fsp3) is 0.500. The Labute approximate surface area is 176 Å². The highest BCUT2D eigenvalue weighted by atomic mass is 16.2. The van der Waals surface area contributed by atoms with Crippen molar-refractivity contribution in [1.82, 2.24) is 9.55 Å². The molecule has 0 fully saturated rings. The third kappa shape index (κ3) is 4.13. The molecular weight excluding hydrogens is 382 g/mol. The molecule has 2 heterocycles. The number of aromatic amines is 1. The second-order valence-corrected chi connectivity index (χ2v) is 7.85. The summed E-state index contributed by atoms with van der Waals surface area (Å²) in [5.41, 5.74) is 7.39. The fourth-order valence-electron chi connectivity index (χ4n) is 4.06. The number of amides is 1. The molecule has 3 N–H and O–H groups in total. The SMILES string of the molecule is CCCCN(C(=O)CN1c2ccccc2CC1C)c1c(N)n(CCC)c(=O)[nH]c1=O. The van der Waals surface area contributed by atoms with Gasteiger partial charge in [-0.05, 0) is 37.8 Å². The second kappa shape index (κ2) is 9.19. The van der Waals surface area contributed by atoms with Crippen molar-refractivity contribution in [1.29, 1.82) is 0 Å². The first kappa shape index (κ1) is 21.7. The predicted octanol–water partition coefficient (Wildman–Crippen LogP) is 2.11. The number of nitrogens with zero attached hydrogens (tertiary/aromatic N) is 3. The third-order valence-corrected chi connectivity index (χ3v) is 5.62. The average molecular weight is 414 g/mol. The molecule has 1 aromatic heterocycles. The molecule has 2 aromatic rings. The van der Waals surface area contributed by atoms with Crippen LogP contribution in [0, 0.1) is 0 Å². The Morgan fingerprint density at radius 2 is 1.97 bits per heavy atom. The minimum Gasteiger partial charge on any atom is -0.383 e. The van der Waals surface area contributed by atoms with Crippen LogP contribution in [0.4, 0.5) is 17.2 Å². The van der Waals surface area contributed by atoms with E-state index in [0.29, 0.717) is 19.5 Å². The maximum Gasteiger partial charge on any atom is 0.330 e. The molecule has 0 spiro atoms. The highest BCUT2D eigenvalue weighted by Gasteiger charge is 2.30. The standard InChI is InChI=1S/C22H31N5O3/c1-4-6-12-25(19-20(23)26(11-5-2)22(30)24-21(19)29)18(28)14-27-15(3)13-16-9-7-8-10-17(16)27/h7-10,15H,4-6,11-14,23H2,1-3H3,(H,24,29,30). The van der Waals surface area contributed by atoms with E-state index in [1.54, 1.807) is 0 Å². The van der Waals surface area contributed by atoms with E-state index in [1.807, 2.05) is 32.0 Å². The second-order valence-electron chi connectivity index (χ2n) is 7.85. The number of nitrogens with one attached hydrogen (secondary N) is 1. The topological polar surface area (TPSA) is 104 Å². The van der Waals surface area contributed by atoms with Gasteiger partial charge in [0.1, 0.15) is 5.82 Å². The minimum atomic E-state index is -0.621. The zero-order valence-electron chi connectivity index (χ0n) is 18.0. The molecule has 8 heteroatoms. The van der Waals surface area contributed by atoms with Crippen molar-refractivity contribution in [3.05, 3.63) is 50.7 Å². The van der Waals surface area contributed by atoms with Crippen molar-refractivity contribution in [2.75, 3.05) is 28.6 Å². The lowest BCUT2D eigenvalue weighted by molar-refractivity contribution is -0.117. The Morgan fingerprint density at radius 1 is 1.23 bits per heavy atom. The molecule has 0 saturated heterocycles.